The van der Waals surface area contributed by atoms with Crippen molar-refractivity contribution in [2.75, 3.05) is 32.7 Å². The molecule has 2 radical (unpaired) electrons. The molecule has 0 aromatic rings. The molecule has 0 aromatic heterocycles. The summed E-state index contributed by atoms with van der Waals surface area (Å²) in [6.45, 7) is 8.54. The second-order valence-corrected chi connectivity index (χ2v) is 5.06. The van der Waals surface area contributed by atoms with Gasteiger partial charge in [0.05, 0.1) is 0 Å². The van der Waals surface area contributed by atoms with Gasteiger partial charge in [0, 0.05) is 42.2 Å². The summed E-state index contributed by atoms with van der Waals surface area (Å²) in [5.41, 5.74) is 0. The van der Waals surface area contributed by atoms with E-state index in [-0.39, 0.29) is 0 Å². The number of hydrogen-bond donors (Lipinski definition) is 1. The summed E-state index contributed by atoms with van der Waals surface area (Å²) in [5, 5.41) is 3.55. The van der Waals surface area contributed by atoms with Crippen molar-refractivity contribution in [3.8, 4) is 0 Å². The predicted molar refractivity (Wildman–Crippen MR) is 56.0 cm³/mol. The first-order valence-electron chi connectivity index (χ1n) is 5.28. The van der Waals surface area contributed by atoms with E-state index in [9.17, 15) is 0 Å². The van der Waals surface area contributed by atoms with Crippen LogP contribution in [0.5, 0.6) is 0 Å². The highest BCUT2D eigenvalue weighted by atomic mass is 28.2. The zero-order valence-electron chi connectivity index (χ0n) is 8.42. The van der Waals surface area contributed by atoms with Crippen LogP contribution in [0.3, 0.4) is 0 Å². The van der Waals surface area contributed by atoms with Crippen molar-refractivity contribution < 1.29 is 0 Å². The van der Waals surface area contributed by atoms with E-state index in [2.05, 4.69) is 21.7 Å². The SMILES string of the molecule is C[Si]CCCN1CCN2CCNC12. The van der Waals surface area contributed by atoms with Crippen molar-refractivity contribution in [3.63, 3.8) is 0 Å². The number of rotatable bonds is 4. The lowest BCUT2D eigenvalue weighted by Crippen LogP contribution is -2.42. The van der Waals surface area contributed by atoms with Crippen LogP contribution < -0.4 is 5.32 Å². The molecule has 2 aliphatic heterocycles. The van der Waals surface area contributed by atoms with E-state index in [4.69, 9.17) is 0 Å². The van der Waals surface area contributed by atoms with Gasteiger partial charge in [-0.3, -0.25) is 15.1 Å². The number of fused-ring (bicyclic) bond motifs is 1. The maximum Gasteiger partial charge on any atom is 0.117 e. The van der Waals surface area contributed by atoms with Crippen LogP contribution in [-0.4, -0.2) is 58.3 Å². The Bertz CT molecular complexity index is 165. The van der Waals surface area contributed by atoms with E-state index in [0.717, 1.165) is 9.52 Å². The molecule has 2 fully saturated rings. The van der Waals surface area contributed by atoms with Gasteiger partial charge in [0.2, 0.25) is 0 Å². The van der Waals surface area contributed by atoms with Crippen LogP contribution in [0.15, 0.2) is 0 Å². The van der Waals surface area contributed by atoms with Crippen LogP contribution in [-0.2, 0) is 0 Å². The third-order valence-electron chi connectivity index (χ3n) is 2.96. The molecule has 2 rings (SSSR count). The van der Waals surface area contributed by atoms with Crippen molar-refractivity contribution in [2.24, 2.45) is 0 Å². The zero-order valence-corrected chi connectivity index (χ0v) is 9.42. The summed E-state index contributed by atoms with van der Waals surface area (Å²) < 4.78 is 0. The molecule has 1 N–H and O–H groups in total. The summed E-state index contributed by atoms with van der Waals surface area (Å²) in [6, 6.07) is 1.41. The molecule has 0 bridgehead atoms. The Balaban J connectivity index is 1.74. The molecule has 0 amide bonds. The van der Waals surface area contributed by atoms with Gasteiger partial charge in [-0.1, -0.05) is 12.6 Å². The van der Waals surface area contributed by atoms with Crippen LogP contribution in [0.2, 0.25) is 12.6 Å². The summed E-state index contributed by atoms with van der Waals surface area (Å²) in [5.74, 6) is 0. The van der Waals surface area contributed by atoms with Gasteiger partial charge in [0.25, 0.3) is 0 Å². The average molecular weight is 197 g/mol. The predicted octanol–water partition coefficient (Wildman–Crippen LogP) is 0.0515. The second kappa shape index (κ2) is 4.55. The largest absolute Gasteiger partial charge is 0.288 e. The fourth-order valence-electron chi connectivity index (χ4n) is 2.25. The average Bonchev–Trinajstić information content (AvgIpc) is 2.68. The fraction of sp³-hybridized carbons (Fsp3) is 1.00. The second-order valence-electron chi connectivity index (χ2n) is 3.86. The van der Waals surface area contributed by atoms with Gasteiger partial charge in [-0.15, -0.1) is 0 Å². The van der Waals surface area contributed by atoms with Crippen LogP contribution in [0.4, 0.5) is 0 Å². The Hall–Kier alpha value is 0.0969. The summed E-state index contributed by atoms with van der Waals surface area (Å²) in [7, 11) is 1.12. The molecule has 13 heavy (non-hydrogen) atoms. The van der Waals surface area contributed by atoms with Crippen molar-refractivity contribution in [3.05, 3.63) is 0 Å². The van der Waals surface area contributed by atoms with Gasteiger partial charge in [-0.25, -0.2) is 0 Å². The van der Waals surface area contributed by atoms with Gasteiger partial charge < -0.3 is 0 Å². The molecule has 74 valence electrons. The lowest BCUT2D eigenvalue weighted by atomic mass is 10.4. The first-order chi connectivity index (χ1) is 6.42. The number of nitrogens with one attached hydrogen (secondary N) is 1. The molecule has 0 aromatic carbocycles. The number of nitrogens with zero attached hydrogens (tertiary/aromatic N) is 2. The van der Waals surface area contributed by atoms with Gasteiger partial charge in [0.15, 0.2) is 0 Å². The maximum atomic E-state index is 3.55. The Morgan fingerprint density at radius 1 is 1.38 bits per heavy atom. The Morgan fingerprint density at radius 3 is 3.15 bits per heavy atom. The molecule has 0 spiro atoms. The minimum Gasteiger partial charge on any atom is -0.288 e. The van der Waals surface area contributed by atoms with E-state index in [1.807, 2.05) is 0 Å². The molecule has 0 saturated carbocycles. The Kier molecular flexibility index (Phi) is 3.37. The summed E-state index contributed by atoms with van der Waals surface area (Å²) >= 11 is 0. The maximum absolute atomic E-state index is 3.55. The molecule has 4 heteroatoms. The van der Waals surface area contributed by atoms with Gasteiger partial charge in [-0.2, -0.15) is 0 Å². The minimum absolute atomic E-state index is 0.584. The molecule has 2 saturated heterocycles. The molecule has 0 aliphatic carbocycles. The first kappa shape index (κ1) is 9.64. The summed E-state index contributed by atoms with van der Waals surface area (Å²) in [6.07, 6.45) is 1.96. The van der Waals surface area contributed by atoms with Crippen LogP contribution in [0.1, 0.15) is 6.42 Å². The van der Waals surface area contributed by atoms with Crippen molar-refractivity contribution in [1.82, 2.24) is 15.1 Å². The minimum atomic E-state index is 0.584. The zero-order chi connectivity index (χ0) is 9.10. The van der Waals surface area contributed by atoms with E-state index in [0.29, 0.717) is 6.29 Å². The van der Waals surface area contributed by atoms with E-state index >= 15 is 0 Å². The van der Waals surface area contributed by atoms with E-state index < -0.39 is 0 Å². The van der Waals surface area contributed by atoms with Crippen molar-refractivity contribution in [2.45, 2.75) is 25.3 Å². The van der Waals surface area contributed by atoms with Gasteiger partial charge in [0.1, 0.15) is 6.29 Å². The molecule has 2 heterocycles. The summed E-state index contributed by atoms with van der Waals surface area (Å²) in [4.78, 5) is 5.14. The third-order valence-corrected chi connectivity index (χ3v) is 3.82. The lowest BCUT2D eigenvalue weighted by Gasteiger charge is -2.23. The highest BCUT2D eigenvalue weighted by molar-refractivity contribution is 6.33. The Labute approximate surface area is 83.3 Å². The quantitative estimate of drug-likeness (QED) is 0.507. The molecule has 1 unspecified atom stereocenters. The highest BCUT2D eigenvalue weighted by Gasteiger charge is 2.34. The molecular formula is C9H19N3Si. The van der Waals surface area contributed by atoms with Gasteiger partial charge in [-0.05, 0) is 6.42 Å². The monoisotopic (exact) mass is 197 g/mol. The highest BCUT2D eigenvalue weighted by Crippen LogP contribution is 2.15. The normalized spacial score (nSPS) is 29.8. The van der Waals surface area contributed by atoms with Crippen LogP contribution >= 0.6 is 0 Å². The standard InChI is InChI=1S/C9H19N3Si/c1-13-8-2-4-11-6-7-12-5-3-10-9(11)12/h9-10H,2-8H2,1H3. The smallest absolute Gasteiger partial charge is 0.117 e. The topological polar surface area (TPSA) is 18.5 Å². The molecule has 3 nitrogen and oxygen atoms in total. The number of hydrogen-bond acceptors (Lipinski definition) is 3. The molecular weight excluding hydrogens is 178 g/mol. The van der Waals surface area contributed by atoms with E-state index in [1.54, 1.807) is 0 Å². The third kappa shape index (κ3) is 2.12. The van der Waals surface area contributed by atoms with Crippen molar-refractivity contribution >= 4 is 9.52 Å². The van der Waals surface area contributed by atoms with Crippen LogP contribution in [0.25, 0.3) is 0 Å². The molecule has 1 atom stereocenters. The fourth-order valence-corrected chi connectivity index (χ4v) is 2.77. The first-order valence-corrected chi connectivity index (χ1v) is 6.98. The van der Waals surface area contributed by atoms with Gasteiger partial charge >= 0.3 is 0 Å². The lowest BCUT2D eigenvalue weighted by molar-refractivity contribution is 0.158. The Morgan fingerprint density at radius 2 is 2.31 bits per heavy atom. The molecule has 2 aliphatic rings. The van der Waals surface area contributed by atoms with Crippen LogP contribution in [0, 0.1) is 0 Å². The van der Waals surface area contributed by atoms with E-state index in [1.165, 1.54) is 45.2 Å². The van der Waals surface area contributed by atoms with Crippen molar-refractivity contribution in [1.29, 1.82) is 0 Å².